The van der Waals surface area contributed by atoms with Crippen molar-refractivity contribution in [3.8, 4) is 5.75 Å². The lowest BCUT2D eigenvalue weighted by molar-refractivity contribution is -0.133. The molecule has 1 aliphatic heterocycles. The van der Waals surface area contributed by atoms with Crippen LogP contribution in [0.2, 0.25) is 0 Å². The Hall–Kier alpha value is -2.67. The van der Waals surface area contributed by atoms with E-state index >= 15 is 0 Å². The Bertz CT molecular complexity index is 831. The number of nitrogens with one attached hydrogen (secondary N) is 1. The van der Waals surface area contributed by atoms with Gasteiger partial charge in [-0.2, -0.15) is 0 Å². The van der Waals surface area contributed by atoms with E-state index in [4.69, 9.17) is 4.74 Å². The molecule has 1 saturated heterocycles. The van der Waals surface area contributed by atoms with E-state index in [1.165, 1.54) is 0 Å². The van der Waals surface area contributed by atoms with Gasteiger partial charge < -0.3 is 20.1 Å². The summed E-state index contributed by atoms with van der Waals surface area (Å²) >= 11 is 0. The second kappa shape index (κ2) is 8.37. The summed E-state index contributed by atoms with van der Waals surface area (Å²) in [6.07, 6.45) is 8.62. The number of benzene rings is 1. The summed E-state index contributed by atoms with van der Waals surface area (Å²) in [4.78, 5) is 24.0. The molecule has 1 amide bonds. The molecular weight excluding hydrogens is 368 g/mol. The molecule has 2 aliphatic rings. The Morgan fingerprint density at radius 1 is 1.28 bits per heavy atom. The van der Waals surface area contributed by atoms with Crippen molar-refractivity contribution in [1.29, 1.82) is 0 Å². The number of carbonyl (C=O) groups excluding carboxylic acids is 1. The molecule has 7 nitrogen and oxygen atoms in total. The Labute approximate surface area is 171 Å². The molecule has 0 spiro atoms. The first kappa shape index (κ1) is 19.6. The maximum Gasteiger partial charge on any atom is 0.230 e. The van der Waals surface area contributed by atoms with E-state index < -0.39 is 5.41 Å². The van der Waals surface area contributed by atoms with Gasteiger partial charge in [0.05, 0.1) is 24.8 Å². The average molecular weight is 396 g/mol. The van der Waals surface area contributed by atoms with Gasteiger partial charge in [-0.15, -0.1) is 0 Å². The average Bonchev–Trinajstić information content (AvgIpc) is 2.72. The Kier molecular flexibility index (Phi) is 5.67. The van der Waals surface area contributed by atoms with Crippen LogP contribution in [-0.2, 0) is 11.2 Å². The number of carbonyl (C=O) groups is 1. The van der Waals surface area contributed by atoms with E-state index in [1.807, 2.05) is 24.3 Å². The summed E-state index contributed by atoms with van der Waals surface area (Å²) in [6, 6.07) is 8.05. The number of aromatic nitrogens is 2. The van der Waals surface area contributed by atoms with Crippen LogP contribution in [0.4, 0.5) is 5.82 Å². The van der Waals surface area contributed by atoms with Crippen LogP contribution in [0.1, 0.15) is 31.2 Å². The molecule has 2 heterocycles. The number of amides is 1. The number of aliphatic hydroxyl groups excluding tert-OH is 1. The van der Waals surface area contributed by atoms with E-state index in [0.29, 0.717) is 19.5 Å². The van der Waals surface area contributed by atoms with Crippen LogP contribution in [0.15, 0.2) is 42.9 Å². The number of hydrogen-bond acceptors (Lipinski definition) is 6. The summed E-state index contributed by atoms with van der Waals surface area (Å²) in [6.45, 7) is 1.20. The van der Waals surface area contributed by atoms with Crippen molar-refractivity contribution < 1.29 is 14.6 Å². The first-order valence-electron chi connectivity index (χ1n) is 10.2. The molecule has 4 rings (SSSR count). The molecule has 2 aromatic rings. The van der Waals surface area contributed by atoms with Crippen molar-refractivity contribution in [2.45, 2.75) is 44.2 Å². The predicted octanol–water partition coefficient (Wildman–Crippen LogP) is 1.95. The van der Waals surface area contributed by atoms with Crippen LogP contribution in [-0.4, -0.2) is 53.3 Å². The smallest absolute Gasteiger partial charge is 0.230 e. The zero-order valence-electron chi connectivity index (χ0n) is 16.8. The van der Waals surface area contributed by atoms with Crippen LogP contribution in [0.5, 0.6) is 5.75 Å². The Morgan fingerprint density at radius 3 is 2.76 bits per heavy atom. The van der Waals surface area contributed by atoms with E-state index in [2.05, 4.69) is 20.2 Å². The largest absolute Gasteiger partial charge is 0.497 e. The van der Waals surface area contributed by atoms with Gasteiger partial charge in [0.2, 0.25) is 5.91 Å². The summed E-state index contributed by atoms with van der Waals surface area (Å²) in [5.74, 6) is 1.67. The number of ether oxygens (including phenoxy) is 1. The highest BCUT2D eigenvalue weighted by Crippen LogP contribution is 2.38. The fourth-order valence-electron chi connectivity index (χ4n) is 4.37. The van der Waals surface area contributed by atoms with Gasteiger partial charge in [0.1, 0.15) is 11.6 Å². The summed E-state index contributed by atoms with van der Waals surface area (Å²) < 4.78 is 5.35. The minimum Gasteiger partial charge on any atom is -0.497 e. The lowest BCUT2D eigenvalue weighted by atomic mass is 9.73. The maximum absolute atomic E-state index is 13.4. The molecule has 2 fully saturated rings. The molecule has 0 unspecified atom stereocenters. The lowest BCUT2D eigenvalue weighted by Crippen LogP contribution is -2.65. The molecule has 0 radical (unpaired) electrons. The van der Waals surface area contributed by atoms with Crippen LogP contribution >= 0.6 is 0 Å². The molecule has 154 valence electrons. The number of hydrogen-bond donors (Lipinski definition) is 2. The fourth-order valence-corrected chi connectivity index (χ4v) is 4.37. The fraction of sp³-hybridized carbons (Fsp3) is 0.500. The number of nitrogens with zero attached hydrogens (tertiary/aromatic N) is 3. The lowest BCUT2D eigenvalue weighted by Gasteiger charge is -2.50. The second-order valence-electron chi connectivity index (χ2n) is 8.21. The molecule has 0 bridgehead atoms. The van der Waals surface area contributed by atoms with Crippen molar-refractivity contribution in [3.05, 3.63) is 48.4 Å². The zero-order valence-corrected chi connectivity index (χ0v) is 16.8. The van der Waals surface area contributed by atoms with Gasteiger partial charge in [-0.1, -0.05) is 12.1 Å². The molecule has 29 heavy (non-hydrogen) atoms. The highest BCUT2D eigenvalue weighted by atomic mass is 16.5. The van der Waals surface area contributed by atoms with Crippen LogP contribution < -0.4 is 15.0 Å². The van der Waals surface area contributed by atoms with Gasteiger partial charge in [0.15, 0.2) is 0 Å². The van der Waals surface area contributed by atoms with Crippen LogP contribution in [0.3, 0.4) is 0 Å². The number of rotatable bonds is 6. The van der Waals surface area contributed by atoms with Gasteiger partial charge in [0, 0.05) is 31.5 Å². The third-order valence-corrected chi connectivity index (χ3v) is 6.05. The van der Waals surface area contributed by atoms with E-state index in [9.17, 15) is 9.90 Å². The maximum atomic E-state index is 13.4. The third kappa shape index (κ3) is 4.34. The normalized spacial score (nSPS) is 23.2. The first-order chi connectivity index (χ1) is 14.1. The summed E-state index contributed by atoms with van der Waals surface area (Å²) in [5, 5.41) is 13.0. The van der Waals surface area contributed by atoms with Gasteiger partial charge in [-0.05, 0) is 49.8 Å². The van der Waals surface area contributed by atoms with Gasteiger partial charge in [-0.25, -0.2) is 4.98 Å². The molecule has 7 heteroatoms. The van der Waals surface area contributed by atoms with E-state index in [0.717, 1.165) is 42.8 Å². The van der Waals surface area contributed by atoms with Crippen molar-refractivity contribution in [1.82, 2.24) is 15.3 Å². The minimum atomic E-state index is -0.514. The summed E-state index contributed by atoms with van der Waals surface area (Å²) in [7, 11) is 1.65. The van der Waals surface area contributed by atoms with Crippen molar-refractivity contribution >= 4 is 11.7 Å². The number of aliphatic hydroxyl groups is 1. The molecule has 1 aromatic carbocycles. The molecule has 2 N–H and O–H groups in total. The Morgan fingerprint density at radius 2 is 2.07 bits per heavy atom. The van der Waals surface area contributed by atoms with Gasteiger partial charge >= 0.3 is 0 Å². The molecule has 0 atom stereocenters. The van der Waals surface area contributed by atoms with Crippen molar-refractivity contribution in [2.75, 3.05) is 25.1 Å². The van der Waals surface area contributed by atoms with Gasteiger partial charge in [-0.3, -0.25) is 9.78 Å². The topological polar surface area (TPSA) is 87.6 Å². The highest BCUT2D eigenvalue weighted by molar-refractivity contribution is 5.86. The SMILES string of the molecule is COc1cccc(CC2(C(=O)NC3CCC(O)CC3)CN(c3cnccn3)C2)c1. The third-order valence-electron chi connectivity index (χ3n) is 6.05. The van der Waals surface area contributed by atoms with Crippen molar-refractivity contribution in [3.63, 3.8) is 0 Å². The predicted molar refractivity (Wildman–Crippen MR) is 110 cm³/mol. The zero-order chi connectivity index (χ0) is 20.3. The minimum absolute atomic E-state index is 0.0850. The molecule has 1 aromatic heterocycles. The standard InChI is InChI=1S/C22H28N4O3/c1-29-19-4-2-3-16(11-19)12-22(14-26(15-22)20-13-23-9-10-24-20)21(28)25-17-5-7-18(27)8-6-17/h2-4,9-11,13,17-18,27H,5-8,12,14-15H2,1H3,(H,25,28). The molecule has 1 aliphatic carbocycles. The first-order valence-corrected chi connectivity index (χ1v) is 10.2. The Balaban J connectivity index is 1.50. The molecule has 1 saturated carbocycles. The van der Waals surface area contributed by atoms with Crippen LogP contribution in [0, 0.1) is 5.41 Å². The number of anilines is 1. The highest BCUT2D eigenvalue weighted by Gasteiger charge is 2.50. The van der Waals surface area contributed by atoms with Crippen LogP contribution in [0.25, 0.3) is 0 Å². The van der Waals surface area contributed by atoms with E-state index in [-0.39, 0.29) is 18.1 Å². The molecular formula is C22H28N4O3. The quantitative estimate of drug-likeness (QED) is 0.776. The second-order valence-corrected chi connectivity index (χ2v) is 8.21. The van der Waals surface area contributed by atoms with Gasteiger partial charge in [0.25, 0.3) is 0 Å². The monoisotopic (exact) mass is 396 g/mol. The van der Waals surface area contributed by atoms with E-state index in [1.54, 1.807) is 25.7 Å². The number of methoxy groups -OCH3 is 1. The van der Waals surface area contributed by atoms with Crippen molar-refractivity contribution in [2.24, 2.45) is 5.41 Å². The summed E-state index contributed by atoms with van der Waals surface area (Å²) in [5.41, 5.74) is 0.567.